The lowest BCUT2D eigenvalue weighted by molar-refractivity contribution is -0.155. The van der Waals surface area contributed by atoms with Crippen LogP contribution in [0.4, 0.5) is 0 Å². The van der Waals surface area contributed by atoms with Gasteiger partial charge in [0.25, 0.3) is 0 Å². The highest BCUT2D eigenvalue weighted by molar-refractivity contribution is 5.08. The number of rotatable bonds is 4. The van der Waals surface area contributed by atoms with Gasteiger partial charge in [0.15, 0.2) is 0 Å². The maximum atomic E-state index is 2.57. The van der Waals surface area contributed by atoms with Gasteiger partial charge < -0.3 is 0 Å². The Balaban J connectivity index is 1.21. The van der Waals surface area contributed by atoms with Crippen LogP contribution >= 0.6 is 0 Å². The van der Waals surface area contributed by atoms with Crippen LogP contribution in [0.2, 0.25) is 0 Å². The van der Waals surface area contributed by atoms with Gasteiger partial charge in [-0.3, -0.25) is 0 Å². The number of hydrogen-bond acceptors (Lipinski definition) is 0. The van der Waals surface area contributed by atoms with Crippen LogP contribution in [0.5, 0.6) is 0 Å². The predicted octanol–water partition coefficient (Wildman–Crippen LogP) is 6.30. The van der Waals surface area contributed by atoms with E-state index < -0.39 is 0 Å². The van der Waals surface area contributed by atoms with Crippen LogP contribution in [0.25, 0.3) is 0 Å². The fourth-order valence-electron chi connectivity index (χ4n) is 7.31. The molecule has 0 heteroatoms. The Morgan fingerprint density at radius 2 is 1.57 bits per heavy atom. The molecule has 120 valence electrons. The molecule has 4 aliphatic rings. The zero-order valence-electron chi connectivity index (χ0n) is 14.8. The van der Waals surface area contributed by atoms with Crippen LogP contribution in [-0.4, -0.2) is 0 Å². The molecular formula is C21H36. The first-order valence-corrected chi connectivity index (χ1v) is 9.99. The molecule has 0 aromatic carbocycles. The Kier molecular flexibility index (Phi) is 3.30. The van der Waals surface area contributed by atoms with Crippen molar-refractivity contribution < 1.29 is 0 Å². The Labute approximate surface area is 132 Å². The highest BCUT2D eigenvalue weighted by Crippen LogP contribution is 2.68. The molecule has 8 unspecified atom stereocenters. The van der Waals surface area contributed by atoms with Crippen LogP contribution in [0, 0.1) is 46.3 Å². The summed E-state index contributed by atoms with van der Waals surface area (Å²) in [6.45, 7) is 10.1. The van der Waals surface area contributed by atoms with Gasteiger partial charge in [-0.15, -0.1) is 0 Å². The maximum Gasteiger partial charge on any atom is -0.0238 e. The summed E-state index contributed by atoms with van der Waals surface area (Å²) in [6.07, 6.45) is 14.0. The summed E-state index contributed by atoms with van der Waals surface area (Å²) in [6, 6.07) is 0. The van der Waals surface area contributed by atoms with Gasteiger partial charge in [0.1, 0.15) is 0 Å². The third-order valence-corrected chi connectivity index (χ3v) is 9.64. The fourth-order valence-corrected chi connectivity index (χ4v) is 7.31. The zero-order valence-corrected chi connectivity index (χ0v) is 14.8. The van der Waals surface area contributed by atoms with E-state index in [0.29, 0.717) is 0 Å². The van der Waals surface area contributed by atoms with E-state index >= 15 is 0 Å². The lowest BCUT2D eigenvalue weighted by Gasteiger charge is -2.65. The first-order chi connectivity index (χ1) is 9.99. The molecular weight excluding hydrogens is 252 g/mol. The van der Waals surface area contributed by atoms with Crippen molar-refractivity contribution >= 4 is 0 Å². The van der Waals surface area contributed by atoms with E-state index in [4.69, 9.17) is 0 Å². The second-order valence-electron chi connectivity index (χ2n) is 9.80. The van der Waals surface area contributed by atoms with Crippen LogP contribution in [0.3, 0.4) is 0 Å². The second-order valence-corrected chi connectivity index (χ2v) is 9.80. The van der Waals surface area contributed by atoms with E-state index in [0.717, 1.165) is 46.3 Å². The lowest BCUT2D eigenvalue weighted by Crippen LogP contribution is -2.56. The molecule has 0 bridgehead atoms. The Morgan fingerprint density at radius 1 is 0.810 bits per heavy atom. The van der Waals surface area contributed by atoms with E-state index in [-0.39, 0.29) is 0 Å². The predicted molar refractivity (Wildman–Crippen MR) is 90.1 cm³/mol. The van der Waals surface area contributed by atoms with E-state index in [1.165, 1.54) is 12.8 Å². The summed E-state index contributed by atoms with van der Waals surface area (Å²) < 4.78 is 0. The summed E-state index contributed by atoms with van der Waals surface area (Å²) in [5.74, 6) is 6.31. The van der Waals surface area contributed by atoms with Gasteiger partial charge in [0.2, 0.25) is 0 Å². The zero-order chi connectivity index (χ0) is 14.8. The van der Waals surface area contributed by atoms with Gasteiger partial charge in [0.05, 0.1) is 0 Å². The highest BCUT2D eigenvalue weighted by atomic mass is 14.6. The van der Waals surface area contributed by atoms with Crippen molar-refractivity contribution in [3.05, 3.63) is 0 Å². The van der Waals surface area contributed by atoms with Gasteiger partial charge in [-0.05, 0) is 91.3 Å². The average Bonchev–Trinajstić information content (AvgIpc) is 2.46. The number of hydrogen-bond donors (Lipinski definition) is 0. The van der Waals surface area contributed by atoms with E-state index in [2.05, 4.69) is 27.7 Å². The van der Waals surface area contributed by atoms with E-state index in [9.17, 15) is 0 Å². The molecule has 4 saturated carbocycles. The summed E-state index contributed by atoms with van der Waals surface area (Å²) >= 11 is 0. The third kappa shape index (κ3) is 1.80. The van der Waals surface area contributed by atoms with Crippen LogP contribution in [0.1, 0.15) is 85.5 Å². The van der Waals surface area contributed by atoms with Crippen molar-refractivity contribution in [1.29, 1.82) is 0 Å². The molecule has 0 aromatic heterocycles. The SMILES string of the molecule is CC1CC2(CCC2CCCC2CC3(CCC3C)C2C)C1C. The van der Waals surface area contributed by atoms with E-state index in [1.807, 2.05) is 0 Å². The van der Waals surface area contributed by atoms with Crippen molar-refractivity contribution in [2.75, 3.05) is 0 Å². The Hall–Kier alpha value is 0. The molecule has 8 atom stereocenters. The minimum atomic E-state index is 0.820. The van der Waals surface area contributed by atoms with Crippen molar-refractivity contribution in [1.82, 2.24) is 0 Å². The topological polar surface area (TPSA) is 0 Å². The normalized spacial score (nSPS) is 58.3. The fraction of sp³-hybridized carbons (Fsp3) is 1.00. The minimum absolute atomic E-state index is 0.820. The molecule has 0 aliphatic heterocycles. The summed E-state index contributed by atoms with van der Waals surface area (Å²) in [7, 11) is 0. The van der Waals surface area contributed by atoms with Crippen molar-refractivity contribution in [3.8, 4) is 0 Å². The molecule has 4 rings (SSSR count). The third-order valence-electron chi connectivity index (χ3n) is 9.64. The van der Waals surface area contributed by atoms with Crippen LogP contribution in [0.15, 0.2) is 0 Å². The largest absolute Gasteiger partial charge is 0.0622 e. The van der Waals surface area contributed by atoms with Gasteiger partial charge in [-0.2, -0.15) is 0 Å². The Bertz CT molecular complexity index is 412. The summed E-state index contributed by atoms with van der Waals surface area (Å²) in [4.78, 5) is 0. The smallest absolute Gasteiger partial charge is 0.0238 e. The van der Waals surface area contributed by atoms with Gasteiger partial charge in [-0.25, -0.2) is 0 Å². The van der Waals surface area contributed by atoms with E-state index in [1.54, 1.807) is 44.9 Å². The molecule has 0 saturated heterocycles. The monoisotopic (exact) mass is 288 g/mol. The molecule has 0 nitrogen and oxygen atoms in total. The van der Waals surface area contributed by atoms with Crippen molar-refractivity contribution in [2.24, 2.45) is 46.3 Å². The second kappa shape index (κ2) is 4.75. The highest BCUT2D eigenvalue weighted by Gasteiger charge is 2.59. The molecule has 0 amide bonds. The molecule has 21 heavy (non-hydrogen) atoms. The first-order valence-electron chi connectivity index (χ1n) is 9.99. The molecule has 0 aromatic rings. The lowest BCUT2D eigenvalue weighted by atomic mass is 9.40. The summed E-state index contributed by atoms with van der Waals surface area (Å²) in [5, 5.41) is 0. The van der Waals surface area contributed by atoms with Gasteiger partial charge in [-0.1, -0.05) is 40.5 Å². The van der Waals surface area contributed by atoms with Crippen molar-refractivity contribution in [2.45, 2.75) is 85.5 Å². The van der Waals surface area contributed by atoms with Gasteiger partial charge in [0, 0.05) is 0 Å². The summed E-state index contributed by atoms with van der Waals surface area (Å²) in [5.41, 5.74) is 1.65. The Morgan fingerprint density at radius 3 is 2.00 bits per heavy atom. The first kappa shape index (κ1) is 14.6. The quantitative estimate of drug-likeness (QED) is 0.569. The minimum Gasteiger partial charge on any atom is -0.0622 e. The molecule has 2 spiro atoms. The van der Waals surface area contributed by atoms with Crippen LogP contribution in [-0.2, 0) is 0 Å². The van der Waals surface area contributed by atoms with Crippen molar-refractivity contribution in [3.63, 3.8) is 0 Å². The van der Waals surface area contributed by atoms with Gasteiger partial charge >= 0.3 is 0 Å². The maximum absolute atomic E-state index is 2.57. The molecule has 4 aliphatic carbocycles. The molecule has 0 N–H and O–H groups in total. The average molecular weight is 289 g/mol. The molecule has 0 heterocycles. The molecule has 0 radical (unpaired) electrons. The standard InChI is InChI=1S/C21H36/c1-14-12-21(16(14)3)11-9-19(21)7-5-6-18-13-20(17(18)4)10-8-15(20)2/h14-19H,5-13H2,1-4H3. The molecule has 4 fully saturated rings. The van der Waals surface area contributed by atoms with Crippen LogP contribution < -0.4 is 0 Å².